The fraction of sp³-hybridized carbons (Fsp3) is 0.0833. The molecule has 5 rings (SSSR count). The van der Waals surface area contributed by atoms with E-state index in [0.29, 0.717) is 28.4 Å². The number of rotatable bonds is 6. The molecule has 0 saturated heterocycles. The molecule has 1 aliphatic heterocycles. The lowest BCUT2D eigenvalue weighted by molar-refractivity contribution is 0.0924. The Morgan fingerprint density at radius 3 is 2.27 bits per heavy atom. The first-order chi connectivity index (χ1) is 16.1. The molecule has 9 heteroatoms. The summed E-state index contributed by atoms with van der Waals surface area (Å²) in [7, 11) is 1.77. The molecule has 33 heavy (non-hydrogen) atoms. The SMILES string of the molecule is Cn1ncnc1/C(=N\OCc1cccc(N2C(=O)c3ccccc3C2=O)n1)c1ccccc1. The summed E-state index contributed by atoms with van der Waals surface area (Å²) in [4.78, 5) is 40.9. The van der Waals surface area contributed by atoms with Gasteiger partial charge in [0.25, 0.3) is 11.8 Å². The quantitative estimate of drug-likeness (QED) is 0.261. The van der Waals surface area contributed by atoms with Gasteiger partial charge in [0.05, 0.1) is 16.8 Å². The van der Waals surface area contributed by atoms with Crippen molar-refractivity contribution < 1.29 is 14.4 Å². The van der Waals surface area contributed by atoms with Crippen LogP contribution in [0.2, 0.25) is 0 Å². The van der Waals surface area contributed by atoms with Crippen molar-refractivity contribution in [3.8, 4) is 0 Å². The number of pyridine rings is 1. The summed E-state index contributed by atoms with van der Waals surface area (Å²) < 4.78 is 1.61. The van der Waals surface area contributed by atoms with E-state index in [9.17, 15) is 9.59 Å². The van der Waals surface area contributed by atoms with Crippen LogP contribution in [0.5, 0.6) is 0 Å². The maximum atomic E-state index is 12.7. The molecule has 4 aromatic rings. The van der Waals surface area contributed by atoms with Gasteiger partial charge in [-0.05, 0) is 24.3 Å². The molecule has 2 aromatic carbocycles. The Morgan fingerprint density at radius 2 is 1.61 bits per heavy atom. The summed E-state index contributed by atoms with van der Waals surface area (Å²) in [6, 6.07) is 21.3. The molecule has 9 nitrogen and oxygen atoms in total. The summed E-state index contributed by atoms with van der Waals surface area (Å²) in [6.45, 7) is 0.0329. The number of hydrogen-bond donors (Lipinski definition) is 0. The Kier molecular flexibility index (Phi) is 5.19. The van der Waals surface area contributed by atoms with E-state index in [-0.39, 0.29) is 12.4 Å². The van der Waals surface area contributed by atoms with Gasteiger partial charge in [0.2, 0.25) is 0 Å². The van der Waals surface area contributed by atoms with Crippen molar-refractivity contribution in [1.29, 1.82) is 0 Å². The smallest absolute Gasteiger partial charge is 0.267 e. The first-order valence-corrected chi connectivity index (χ1v) is 10.2. The number of nitrogens with zero attached hydrogens (tertiary/aromatic N) is 6. The fourth-order valence-electron chi connectivity index (χ4n) is 3.56. The summed E-state index contributed by atoms with van der Waals surface area (Å²) >= 11 is 0. The number of imide groups is 1. The van der Waals surface area contributed by atoms with E-state index in [2.05, 4.69) is 20.2 Å². The second kappa shape index (κ2) is 8.46. The number of carbonyl (C=O) groups excluding carboxylic acids is 2. The summed E-state index contributed by atoms with van der Waals surface area (Å²) in [6.07, 6.45) is 1.45. The number of aryl methyl sites for hydroxylation is 1. The monoisotopic (exact) mass is 438 g/mol. The molecule has 0 bridgehead atoms. The van der Waals surface area contributed by atoms with Gasteiger partial charge in [-0.2, -0.15) is 5.10 Å². The van der Waals surface area contributed by atoms with Crippen molar-refractivity contribution in [2.24, 2.45) is 12.2 Å². The zero-order valence-electron chi connectivity index (χ0n) is 17.6. The molecule has 0 aliphatic carbocycles. The minimum Gasteiger partial charge on any atom is -0.389 e. The molecular weight excluding hydrogens is 420 g/mol. The van der Waals surface area contributed by atoms with Gasteiger partial charge in [-0.25, -0.2) is 19.5 Å². The van der Waals surface area contributed by atoms with Crippen molar-refractivity contribution in [1.82, 2.24) is 19.7 Å². The van der Waals surface area contributed by atoms with Gasteiger partial charge in [0, 0.05) is 12.6 Å². The molecule has 0 spiro atoms. The first kappa shape index (κ1) is 20.3. The second-order valence-electron chi connectivity index (χ2n) is 7.27. The molecule has 0 radical (unpaired) electrons. The topological polar surface area (TPSA) is 103 Å². The van der Waals surface area contributed by atoms with Crippen molar-refractivity contribution in [3.63, 3.8) is 0 Å². The average Bonchev–Trinajstić information content (AvgIpc) is 3.38. The maximum absolute atomic E-state index is 12.7. The molecule has 0 fully saturated rings. The Morgan fingerprint density at radius 1 is 0.909 bits per heavy atom. The van der Waals surface area contributed by atoms with E-state index < -0.39 is 11.8 Å². The highest BCUT2D eigenvalue weighted by atomic mass is 16.6. The van der Waals surface area contributed by atoms with Crippen molar-refractivity contribution in [2.45, 2.75) is 6.61 Å². The van der Waals surface area contributed by atoms with Crippen molar-refractivity contribution in [3.05, 3.63) is 107 Å². The molecule has 3 heterocycles. The molecule has 0 atom stereocenters. The third kappa shape index (κ3) is 3.76. The number of oxime groups is 1. The van der Waals surface area contributed by atoms with Crippen LogP contribution in [0.15, 0.2) is 84.3 Å². The number of amides is 2. The number of hydrogen-bond acceptors (Lipinski definition) is 7. The fourth-order valence-corrected chi connectivity index (χ4v) is 3.56. The number of carbonyl (C=O) groups is 2. The molecule has 162 valence electrons. The normalized spacial score (nSPS) is 13.4. The molecule has 2 aromatic heterocycles. The van der Waals surface area contributed by atoms with Gasteiger partial charge >= 0.3 is 0 Å². The van der Waals surface area contributed by atoms with E-state index in [4.69, 9.17) is 4.84 Å². The Labute approximate surface area is 189 Å². The van der Waals surface area contributed by atoms with Crippen LogP contribution in [0.4, 0.5) is 5.82 Å². The third-order valence-electron chi connectivity index (χ3n) is 5.15. The zero-order chi connectivity index (χ0) is 22.8. The number of aromatic nitrogens is 4. The van der Waals surface area contributed by atoms with Crippen LogP contribution < -0.4 is 4.90 Å². The summed E-state index contributed by atoms with van der Waals surface area (Å²) in [5.41, 5.74) is 2.59. The maximum Gasteiger partial charge on any atom is 0.267 e. The van der Waals surface area contributed by atoms with E-state index in [1.54, 1.807) is 54.2 Å². The zero-order valence-corrected chi connectivity index (χ0v) is 17.6. The molecule has 0 N–H and O–H groups in total. The van der Waals surface area contributed by atoms with Crippen LogP contribution in [0.1, 0.15) is 37.8 Å². The Bertz CT molecular complexity index is 1340. The lowest BCUT2D eigenvalue weighted by Gasteiger charge is -2.13. The van der Waals surface area contributed by atoms with Gasteiger partial charge in [0.1, 0.15) is 12.1 Å². The molecular formula is C24H18N6O3. The van der Waals surface area contributed by atoms with Crippen LogP contribution in [-0.2, 0) is 18.5 Å². The number of fused-ring (bicyclic) bond motifs is 1. The summed E-state index contributed by atoms with van der Waals surface area (Å²) in [5.74, 6) is -0.00234. The summed E-state index contributed by atoms with van der Waals surface area (Å²) in [5, 5.41) is 8.39. The van der Waals surface area contributed by atoms with Gasteiger partial charge < -0.3 is 4.84 Å². The third-order valence-corrected chi connectivity index (χ3v) is 5.15. The Hall–Kier alpha value is -4.66. The lowest BCUT2D eigenvalue weighted by Crippen LogP contribution is -2.30. The predicted octanol–water partition coefficient (Wildman–Crippen LogP) is 2.98. The van der Waals surface area contributed by atoms with Gasteiger partial charge in [-0.1, -0.05) is 53.7 Å². The standard InChI is InChI=1S/C24H18N6O3/c1-29-22(25-15-26-29)21(16-8-3-2-4-9-16)28-33-14-17-10-7-13-20(27-17)30-23(31)18-11-5-6-12-19(18)24(30)32/h2-13,15H,14H2,1H3/b28-21-. The van der Waals surface area contributed by atoms with E-state index in [0.717, 1.165) is 10.5 Å². The minimum atomic E-state index is -0.396. The number of anilines is 1. The molecule has 0 saturated carbocycles. The average molecular weight is 438 g/mol. The van der Waals surface area contributed by atoms with Crippen LogP contribution in [0, 0.1) is 0 Å². The lowest BCUT2D eigenvalue weighted by atomic mass is 10.1. The molecule has 2 amide bonds. The van der Waals surface area contributed by atoms with Gasteiger partial charge in [-0.15, -0.1) is 0 Å². The highest BCUT2D eigenvalue weighted by Gasteiger charge is 2.37. The van der Waals surface area contributed by atoms with Crippen LogP contribution in [0.3, 0.4) is 0 Å². The van der Waals surface area contributed by atoms with Crippen LogP contribution in [-0.4, -0.2) is 37.3 Å². The van der Waals surface area contributed by atoms with Crippen molar-refractivity contribution in [2.75, 3.05) is 4.90 Å². The van der Waals surface area contributed by atoms with Crippen LogP contribution in [0.25, 0.3) is 0 Å². The highest BCUT2D eigenvalue weighted by molar-refractivity contribution is 6.34. The minimum absolute atomic E-state index is 0.0329. The van der Waals surface area contributed by atoms with Gasteiger partial charge in [0.15, 0.2) is 18.1 Å². The number of benzene rings is 2. The van der Waals surface area contributed by atoms with Gasteiger partial charge in [-0.3, -0.25) is 9.59 Å². The highest BCUT2D eigenvalue weighted by Crippen LogP contribution is 2.27. The second-order valence-corrected chi connectivity index (χ2v) is 7.27. The predicted molar refractivity (Wildman–Crippen MR) is 120 cm³/mol. The van der Waals surface area contributed by atoms with E-state index in [1.807, 2.05) is 30.3 Å². The Balaban J connectivity index is 1.38. The van der Waals surface area contributed by atoms with E-state index >= 15 is 0 Å². The molecule has 1 aliphatic rings. The molecule has 0 unspecified atom stereocenters. The largest absolute Gasteiger partial charge is 0.389 e. The van der Waals surface area contributed by atoms with Crippen LogP contribution >= 0.6 is 0 Å². The van der Waals surface area contributed by atoms with E-state index in [1.165, 1.54) is 6.33 Å². The van der Waals surface area contributed by atoms with Crippen molar-refractivity contribution >= 4 is 23.3 Å². The first-order valence-electron chi connectivity index (χ1n) is 10.2.